The van der Waals surface area contributed by atoms with Gasteiger partial charge in [-0.3, -0.25) is 4.79 Å². The van der Waals surface area contributed by atoms with E-state index in [4.69, 9.17) is 24.0 Å². The van der Waals surface area contributed by atoms with Crippen molar-refractivity contribution in [2.75, 3.05) is 6.61 Å². The Morgan fingerprint density at radius 2 is 1.50 bits per heavy atom. The van der Waals surface area contributed by atoms with Crippen molar-refractivity contribution in [3.63, 3.8) is 0 Å². The molecule has 90 valence electrons. The molecule has 0 aliphatic carbocycles. The summed E-state index contributed by atoms with van der Waals surface area (Å²) in [7, 11) is -4.64. The molecule has 0 aromatic rings. The predicted octanol–water partition coefficient (Wildman–Crippen LogP) is -0.292. The van der Waals surface area contributed by atoms with E-state index in [0.29, 0.717) is 13.0 Å². The Balaban J connectivity index is -0.0000000121. The number of hydrogen-bond donors (Lipinski definition) is 3. The third-order valence-corrected chi connectivity index (χ3v) is 1.29. The third-order valence-electron chi connectivity index (χ3n) is 1.29. The number of rotatable bonds is 0. The second-order valence-corrected chi connectivity index (χ2v) is 3.57. The first-order chi connectivity index (χ1) is 5.89. The Hall–Kier alpha value is 3.36. The minimum atomic E-state index is -4.64. The van der Waals surface area contributed by atoms with E-state index in [1.54, 1.807) is 0 Å². The van der Waals surface area contributed by atoms with Crippen molar-refractivity contribution in [3.05, 3.63) is 0 Å². The summed E-state index contributed by atoms with van der Waals surface area (Å²) in [6, 6.07) is 0. The average molecular weight is 338 g/mol. The van der Waals surface area contributed by atoms with Crippen molar-refractivity contribution in [2.45, 2.75) is 25.7 Å². The first kappa shape index (κ1) is 27.7. The quantitative estimate of drug-likeness (QED) is 0.318. The Morgan fingerprint density at radius 3 is 1.94 bits per heavy atom. The molecular formula is C6H19Ca3O6P. The maximum atomic E-state index is 10.5. The minimum absolute atomic E-state index is 0. The summed E-state index contributed by atoms with van der Waals surface area (Å²) in [4.78, 5) is 32.0. The normalized spacial score (nSPS) is 14.6. The van der Waals surface area contributed by atoms with E-state index >= 15 is 0 Å². The van der Waals surface area contributed by atoms with E-state index in [1.165, 1.54) is 0 Å². The molecule has 0 bridgehead atoms. The van der Waals surface area contributed by atoms with Gasteiger partial charge in [0.25, 0.3) is 0 Å². The summed E-state index contributed by atoms with van der Waals surface area (Å²) in [6.07, 6.45) is 3.83. The number of phosphoric acid groups is 1. The van der Waals surface area contributed by atoms with E-state index in [0.717, 1.165) is 19.3 Å². The maximum absolute atomic E-state index is 10.5. The number of carbonyl (C=O) groups is 1. The van der Waals surface area contributed by atoms with Crippen molar-refractivity contribution in [3.8, 4) is 0 Å². The number of esters is 1. The molecule has 0 atom stereocenters. The summed E-state index contributed by atoms with van der Waals surface area (Å²) in [6.45, 7) is 0.638. The second kappa shape index (κ2) is 16.4. The van der Waals surface area contributed by atoms with Crippen molar-refractivity contribution in [2.24, 2.45) is 0 Å². The van der Waals surface area contributed by atoms with Crippen LogP contribution in [0.1, 0.15) is 34.2 Å². The monoisotopic (exact) mass is 338 g/mol. The minimum Gasteiger partial charge on any atom is -1.00 e. The molecule has 1 rings (SSSR count). The number of cyclic esters (lactones) is 1. The topological polar surface area (TPSA) is 104 Å². The van der Waals surface area contributed by atoms with Gasteiger partial charge in [0, 0.05) is 6.42 Å². The van der Waals surface area contributed by atoms with Gasteiger partial charge in [0.1, 0.15) is 0 Å². The molecule has 0 amide bonds. The van der Waals surface area contributed by atoms with Crippen LogP contribution in [0, 0.1) is 0 Å². The molecule has 1 saturated heterocycles. The Labute approximate surface area is 193 Å². The molecule has 0 saturated carbocycles. The Bertz CT molecular complexity index is 209. The van der Waals surface area contributed by atoms with Gasteiger partial charge in [-0.15, -0.1) is 0 Å². The van der Waals surface area contributed by atoms with Gasteiger partial charge in [-0.2, -0.15) is 0 Å². The van der Waals surface area contributed by atoms with E-state index < -0.39 is 7.82 Å². The van der Waals surface area contributed by atoms with Gasteiger partial charge in [0.05, 0.1) is 6.61 Å². The van der Waals surface area contributed by atoms with Crippen molar-refractivity contribution >= 4 is 127 Å². The van der Waals surface area contributed by atoms with Gasteiger partial charge < -0.3 is 28.0 Å². The molecule has 1 aliphatic heterocycles. The van der Waals surface area contributed by atoms with E-state index in [9.17, 15) is 4.79 Å². The van der Waals surface area contributed by atoms with Gasteiger partial charge >= 0.3 is 127 Å². The Morgan fingerprint density at radius 1 is 1.06 bits per heavy atom. The smallest absolute Gasteiger partial charge is 1.00 e. The molecule has 0 unspecified atom stereocenters. The molecule has 1 fully saturated rings. The van der Waals surface area contributed by atoms with Crippen molar-refractivity contribution in [1.29, 1.82) is 0 Å². The molecule has 0 aromatic heterocycles. The molecule has 3 N–H and O–H groups in total. The van der Waals surface area contributed by atoms with E-state index in [2.05, 4.69) is 0 Å². The summed E-state index contributed by atoms with van der Waals surface area (Å²) < 4.78 is 13.6. The van der Waals surface area contributed by atoms with E-state index in [-0.39, 0.29) is 128 Å². The number of ether oxygens (including phenoxy) is 1. The van der Waals surface area contributed by atoms with Crippen LogP contribution in [0.25, 0.3) is 0 Å². The Kier molecular flexibility index (Phi) is 28.4. The van der Waals surface area contributed by atoms with Gasteiger partial charge in [-0.1, -0.05) is 0 Å². The zero-order valence-corrected chi connectivity index (χ0v) is 16.7. The van der Waals surface area contributed by atoms with Gasteiger partial charge in [-0.25, -0.2) is 4.57 Å². The molecule has 0 aromatic carbocycles. The summed E-state index contributed by atoms with van der Waals surface area (Å²) >= 11 is 0. The van der Waals surface area contributed by atoms with Crippen molar-refractivity contribution in [1.82, 2.24) is 0 Å². The zero-order chi connectivity index (χ0) is 10.3. The van der Waals surface area contributed by atoms with Crippen LogP contribution >= 0.6 is 7.82 Å². The maximum Gasteiger partial charge on any atom is 2.00 e. The van der Waals surface area contributed by atoms with Gasteiger partial charge in [0.15, 0.2) is 0 Å². The second-order valence-electron chi connectivity index (χ2n) is 2.54. The molecular weight excluding hydrogens is 319 g/mol. The van der Waals surface area contributed by atoms with Crippen LogP contribution in [0.3, 0.4) is 0 Å². The fourth-order valence-electron chi connectivity index (χ4n) is 0.806. The van der Waals surface area contributed by atoms with Crippen LogP contribution in [0.5, 0.6) is 0 Å². The molecule has 1 heterocycles. The largest absolute Gasteiger partial charge is 2.00 e. The predicted molar refractivity (Wildman–Crippen MR) is 67.6 cm³/mol. The molecule has 10 heteroatoms. The van der Waals surface area contributed by atoms with E-state index in [1.807, 2.05) is 0 Å². The fourth-order valence-corrected chi connectivity index (χ4v) is 0.806. The molecule has 0 radical (unpaired) electrons. The number of carbonyl (C=O) groups excluding carboxylic acids is 1. The summed E-state index contributed by atoms with van der Waals surface area (Å²) in [5.41, 5.74) is 0. The molecule has 6 nitrogen and oxygen atoms in total. The molecule has 16 heavy (non-hydrogen) atoms. The zero-order valence-electron chi connectivity index (χ0n) is 15.2. The standard InChI is InChI=1S/C6H10O2.3Ca.H3O4P.6H/c7-6-4-2-1-3-5-8-6;;;;1-5(2,3)4;;;;;;/h1-5H2;;;;(H3,1,2,3,4);;;;;;/q;3*+2;;6*-1. The van der Waals surface area contributed by atoms with Crippen molar-refractivity contribution < 1.29 is 37.3 Å². The van der Waals surface area contributed by atoms with Crippen LogP contribution in [0.2, 0.25) is 0 Å². The SMILES string of the molecule is O=C1CCCCCO1.O=P(O)(O)O.[Ca+2].[Ca+2].[Ca+2].[H-].[H-].[H-].[H-].[H-].[H-]. The van der Waals surface area contributed by atoms with Crippen LogP contribution < -0.4 is 0 Å². The average Bonchev–Trinajstić information content (AvgIpc) is 2.12. The van der Waals surface area contributed by atoms with Crippen LogP contribution in [-0.2, 0) is 14.1 Å². The molecule has 0 spiro atoms. The first-order valence-corrected chi connectivity index (χ1v) is 5.40. The van der Waals surface area contributed by atoms with Gasteiger partial charge in [0.2, 0.25) is 0 Å². The first-order valence-electron chi connectivity index (χ1n) is 3.83. The molecule has 1 aliphatic rings. The van der Waals surface area contributed by atoms with Crippen LogP contribution in [-0.4, -0.2) is 140 Å². The third kappa shape index (κ3) is 30.4. The fraction of sp³-hybridized carbons (Fsp3) is 0.833. The number of hydrogen-bond acceptors (Lipinski definition) is 3. The van der Waals surface area contributed by atoms with Gasteiger partial charge in [-0.05, 0) is 19.3 Å². The van der Waals surface area contributed by atoms with Crippen LogP contribution in [0.4, 0.5) is 0 Å². The summed E-state index contributed by atoms with van der Waals surface area (Å²) in [5, 5.41) is 0. The van der Waals surface area contributed by atoms with Crippen LogP contribution in [0.15, 0.2) is 0 Å². The summed E-state index contributed by atoms with van der Waals surface area (Å²) in [5.74, 6) is -0.0255.